The van der Waals surface area contributed by atoms with Crippen LogP contribution in [0.2, 0.25) is 0 Å². The lowest BCUT2D eigenvalue weighted by Gasteiger charge is -2.09. The minimum Gasteiger partial charge on any atom is -0.480 e. The topological polar surface area (TPSA) is 54.4 Å². The first-order valence-corrected chi connectivity index (χ1v) is 5.97. The van der Waals surface area contributed by atoms with Crippen LogP contribution in [0, 0.1) is 6.92 Å². The first-order chi connectivity index (χ1) is 7.06. The van der Waals surface area contributed by atoms with Gasteiger partial charge in [0.25, 0.3) is 0 Å². The number of carboxylic acid groups (broad SMARTS) is 1. The Bertz CT molecular complexity index is 370. The van der Waals surface area contributed by atoms with E-state index < -0.39 is 22.0 Å². The molecule has 0 saturated heterocycles. The largest absolute Gasteiger partial charge is 0.480 e. The smallest absolute Gasteiger partial charge is 0.319 e. The lowest BCUT2D eigenvalue weighted by Crippen LogP contribution is -2.24. The van der Waals surface area contributed by atoms with Crippen molar-refractivity contribution >= 4 is 16.8 Å². The Hall–Kier alpha value is -1.16. The highest BCUT2D eigenvalue weighted by Gasteiger charge is 2.23. The van der Waals surface area contributed by atoms with E-state index in [0.29, 0.717) is 11.3 Å². The molecule has 3 nitrogen and oxygen atoms in total. The van der Waals surface area contributed by atoms with E-state index >= 15 is 0 Å². The number of rotatable bonds is 4. The van der Waals surface area contributed by atoms with Gasteiger partial charge in [-0.25, -0.2) is 0 Å². The standard InChI is InChI=1S/C11H14O3S/c1-3-10(11(12)13)15(14)9-6-4-8(2)5-7-9/h4-7,10H,3H2,1-2H3,(H,12,13)/t10-,15-/m1/s1. The Morgan fingerprint density at radius 1 is 1.40 bits per heavy atom. The van der Waals surface area contributed by atoms with Crippen LogP contribution in [0.4, 0.5) is 0 Å². The molecule has 0 aliphatic rings. The molecule has 0 bridgehead atoms. The van der Waals surface area contributed by atoms with Crippen LogP contribution < -0.4 is 0 Å². The summed E-state index contributed by atoms with van der Waals surface area (Å²) in [5.74, 6) is -1.00. The van der Waals surface area contributed by atoms with Crippen molar-refractivity contribution in [3.63, 3.8) is 0 Å². The van der Waals surface area contributed by atoms with Crippen molar-refractivity contribution < 1.29 is 14.1 Å². The third-order valence-corrected chi connectivity index (χ3v) is 3.95. The summed E-state index contributed by atoms with van der Waals surface area (Å²) in [6, 6.07) is 7.11. The zero-order valence-electron chi connectivity index (χ0n) is 8.77. The molecule has 0 amide bonds. The van der Waals surface area contributed by atoms with Crippen molar-refractivity contribution in [2.24, 2.45) is 0 Å². The highest BCUT2D eigenvalue weighted by Crippen LogP contribution is 2.14. The van der Waals surface area contributed by atoms with E-state index in [2.05, 4.69) is 0 Å². The van der Waals surface area contributed by atoms with Crippen LogP contribution in [0.5, 0.6) is 0 Å². The van der Waals surface area contributed by atoms with Gasteiger partial charge >= 0.3 is 5.97 Å². The molecule has 4 heteroatoms. The minimum absolute atomic E-state index is 0.371. The first-order valence-electron chi connectivity index (χ1n) is 4.76. The van der Waals surface area contributed by atoms with Crippen LogP contribution in [0.1, 0.15) is 18.9 Å². The number of hydrogen-bond acceptors (Lipinski definition) is 2. The van der Waals surface area contributed by atoms with Crippen molar-refractivity contribution in [1.82, 2.24) is 0 Å². The van der Waals surface area contributed by atoms with E-state index in [4.69, 9.17) is 5.11 Å². The second-order valence-electron chi connectivity index (χ2n) is 3.35. The quantitative estimate of drug-likeness (QED) is 0.854. The Morgan fingerprint density at radius 2 is 1.93 bits per heavy atom. The maximum absolute atomic E-state index is 11.9. The van der Waals surface area contributed by atoms with Crippen molar-refractivity contribution in [3.05, 3.63) is 29.8 Å². The number of aliphatic carboxylic acids is 1. The average molecular weight is 226 g/mol. The molecule has 1 aromatic rings. The third-order valence-electron chi connectivity index (χ3n) is 2.16. The summed E-state index contributed by atoms with van der Waals surface area (Å²) >= 11 is 0. The van der Waals surface area contributed by atoms with Crippen LogP contribution in [0.25, 0.3) is 0 Å². The molecular weight excluding hydrogens is 212 g/mol. The molecule has 0 spiro atoms. The summed E-state index contributed by atoms with van der Waals surface area (Å²) in [7, 11) is -1.46. The van der Waals surface area contributed by atoms with Crippen LogP contribution >= 0.6 is 0 Å². The second-order valence-corrected chi connectivity index (χ2v) is 4.98. The van der Waals surface area contributed by atoms with Crippen molar-refractivity contribution in [3.8, 4) is 0 Å². The van der Waals surface area contributed by atoms with Crippen molar-refractivity contribution in [2.75, 3.05) is 0 Å². The maximum Gasteiger partial charge on any atom is 0.319 e. The maximum atomic E-state index is 11.9. The number of aryl methyl sites for hydroxylation is 1. The van der Waals surface area contributed by atoms with Gasteiger partial charge in [-0.1, -0.05) is 24.6 Å². The van der Waals surface area contributed by atoms with Crippen molar-refractivity contribution in [2.45, 2.75) is 30.4 Å². The summed E-state index contributed by atoms with van der Waals surface area (Å²) in [4.78, 5) is 11.4. The Balaban J connectivity index is 2.93. The van der Waals surface area contributed by atoms with Crippen LogP contribution in [0.15, 0.2) is 29.2 Å². The highest BCUT2D eigenvalue weighted by molar-refractivity contribution is 7.86. The fourth-order valence-electron chi connectivity index (χ4n) is 1.25. The van der Waals surface area contributed by atoms with Gasteiger partial charge in [0, 0.05) is 4.90 Å². The van der Waals surface area contributed by atoms with Gasteiger partial charge in [-0.05, 0) is 25.5 Å². The highest BCUT2D eigenvalue weighted by atomic mass is 32.2. The van der Waals surface area contributed by atoms with E-state index in [-0.39, 0.29) is 0 Å². The molecule has 1 N–H and O–H groups in total. The lowest BCUT2D eigenvalue weighted by atomic mass is 10.2. The molecule has 82 valence electrons. The van der Waals surface area contributed by atoms with Gasteiger partial charge in [0.2, 0.25) is 0 Å². The molecule has 0 saturated carbocycles. The fourth-order valence-corrected chi connectivity index (χ4v) is 2.47. The van der Waals surface area contributed by atoms with Gasteiger partial charge in [0.1, 0.15) is 5.25 Å². The molecule has 0 radical (unpaired) electrons. The normalized spacial score (nSPS) is 14.5. The van der Waals surface area contributed by atoms with E-state index in [1.165, 1.54) is 0 Å². The van der Waals surface area contributed by atoms with E-state index in [0.717, 1.165) is 5.56 Å². The van der Waals surface area contributed by atoms with Crippen LogP contribution in [-0.4, -0.2) is 20.5 Å². The van der Waals surface area contributed by atoms with E-state index in [1.54, 1.807) is 19.1 Å². The van der Waals surface area contributed by atoms with Gasteiger partial charge in [0.15, 0.2) is 0 Å². The van der Waals surface area contributed by atoms with Gasteiger partial charge in [-0.15, -0.1) is 0 Å². The van der Waals surface area contributed by atoms with Gasteiger partial charge in [0.05, 0.1) is 10.8 Å². The molecule has 0 aliphatic heterocycles. The zero-order chi connectivity index (χ0) is 11.4. The summed E-state index contributed by atoms with van der Waals surface area (Å²) < 4.78 is 11.9. The predicted octanol–water partition coefficient (Wildman–Crippen LogP) is 1.97. The summed E-state index contributed by atoms with van der Waals surface area (Å²) in [5, 5.41) is 8.05. The molecule has 0 unspecified atom stereocenters. The first kappa shape index (κ1) is 11.9. The van der Waals surface area contributed by atoms with Gasteiger partial charge < -0.3 is 5.11 Å². The van der Waals surface area contributed by atoms with Crippen molar-refractivity contribution in [1.29, 1.82) is 0 Å². The molecule has 1 rings (SSSR count). The SMILES string of the molecule is CC[C@H](C(=O)O)[S@](=O)c1ccc(C)cc1. The molecule has 0 aromatic heterocycles. The lowest BCUT2D eigenvalue weighted by molar-refractivity contribution is -0.136. The summed E-state index contributed by atoms with van der Waals surface area (Å²) in [6.45, 7) is 3.66. The number of carbonyl (C=O) groups is 1. The Labute approximate surface area is 91.6 Å². The third kappa shape index (κ3) is 2.89. The molecular formula is C11H14O3S. The molecule has 15 heavy (non-hydrogen) atoms. The number of hydrogen-bond donors (Lipinski definition) is 1. The Morgan fingerprint density at radius 3 is 2.33 bits per heavy atom. The molecule has 2 atom stereocenters. The summed E-state index contributed by atoms with van der Waals surface area (Å²) in [5.41, 5.74) is 1.07. The molecule has 1 aromatic carbocycles. The fraction of sp³-hybridized carbons (Fsp3) is 0.364. The number of carboxylic acids is 1. The monoisotopic (exact) mass is 226 g/mol. The van der Waals surface area contributed by atoms with Crippen LogP contribution in [-0.2, 0) is 15.6 Å². The molecule has 0 aliphatic carbocycles. The Kier molecular flexibility index (Phi) is 4.03. The van der Waals surface area contributed by atoms with Gasteiger partial charge in [-0.3, -0.25) is 9.00 Å². The predicted molar refractivity (Wildman–Crippen MR) is 59.3 cm³/mol. The number of benzene rings is 1. The van der Waals surface area contributed by atoms with E-state index in [9.17, 15) is 9.00 Å². The molecule has 0 fully saturated rings. The van der Waals surface area contributed by atoms with E-state index in [1.807, 2.05) is 19.1 Å². The average Bonchev–Trinajstić information content (AvgIpc) is 2.19. The summed E-state index contributed by atoms with van der Waals surface area (Å²) in [6.07, 6.45) is 0.371. The minimum atomic E-state index is -1.46. The molecule has 0 heterocycles. The van der Waals surface area contributed by atoms with Crippen LogP contribution in [0.3, 0.4) is 0 Å². The van der Waals surface area contributed by atoms with Gasteiger partial charge in [-0.2, -0.15) is 0 Å². The second kappa shape index (κ2) is 5.07. The zero-order valence-corrected chi connectivity index (χ0v) is 9.58.